The van der Waals surface area contributed by atoms with Crippen LogP contribution in [0.15, 0.2) is 0 Å². The van der Waals surface area contributed by atoms with Crippen molar-refractivity contribution in [3.63, 3.8) is 0 Å². The Morgan fingerprint density at radius 2 is 1.25 bits per heavy atom. The molecule has 0 nitrogen and oxygen atoms in total. The fourth-order valence-electron chi connectivity index (χ4n) is 0. The molecule has 0 fully saturated rings. The monoisotopic (exact) mass is 468 g/mol. The van der Waals surface area contributed by atoms with Gasteiger partial charge < -0.3 is 0 Å². The predicted molar refractivity (Wildman–Crippen MR) is 27.0 cm³/mol. The summed E-state index contributed by atoms with van der Waals surface area (Å²) in [6.45, 7) is 0. The summed E-state index contributed by atoms with van der Waals surface area (Å²) in [5.74, 6) is 0. The first-order chi connectivity index (χ1) is 1.00. The second-order valence-electron chi connectivity index (χ2n) is 0. The quantitative estimate of drug-likeness (QED) is 0.333. The van der Waals surface area contributed by atoms with E-state index in [1.165, 1.54) is 0 Å². The van der Waals surface area contributed by atoms with Gasteiger partial charge in [-0.25, -0.2) is 0 Å². The molecule has 0 aliphatic carbocycles. The van der Waals surface area contributed by atoms with Gasteiger partial charge >= 0.3 is 77.6 Å². The van der Waals surface area contributed by atoms with E-state index in [1.807, 2.05) is 0 Å². The van der Waals surface area contributed by atoms with Gasteiger partial charge in [0.2, 0.25) is 0 Å². The summed E-state index contributed by atoms with van der Waals surface area (Å²) < 4.78 is 0. The SMILES string of the molecule is [GaH3].[InH3].[SeH][Au]. The Labute approximate surface area is 76.2 Å². The van der Waals surface area contributed by atoms with Crippen molar-refractivity contribution in [3.05, 3.63) is 0 Å². The van der Waals surface area contributed by atoms with Crippen molar-refractivity contribution >= 4 is 58.7 Å². The molecular formula is H7AuGaInSe. The van der Waals surface area contributed by atoms with Crippen LogP contribution < -0.4 is 0 Å². The van der Waals surface area contributed by atoms with Crippen LogP contribution in [0.5, 0.6) is 0 Å². The molecule has 0 saturated heterocycles. The van der Waals surface area contributed by atoms with Crippen LogP contribution in [-0.4, -0.2) is 58.7 Å². The van der Waals surface area contributed by atoms with Crippen molar-refractivity contribution in [3.8, 4) is 0 Å². The third-order valence-electron chi connectivity index (χ3n) is 0. The fraction of sp³-hybridized carbons (Fsp3) is 0. The topological polar surface area (TPSA) is 0 Å². The molecule has 0 rings (SSSR count). The molecule has 4 heavy (non-hydrogen) atoms. The van der Waals surface area contributed by atoms with Crippen LogP contribution in [0.4, 0.5) is 0 Å². The van der Waals surface area contributed by atoms with Gasteiger partial charge in [-0.05, 0) is 0 Å². The first-order valence-electron chi connectivity index (χ1n) is 0.135. The summed E-state index contributed by atoms with van der Waals surface area (Å²) in [4.78, 5) is 0. The second kappa shape index (κ2) is 17.1. The van der Waals surface area contributed by atoms with Crippen LogP contribution in [-0.2, 0) is 18.9 Å². The van der Waals surface area contributed by atoms with Crippen LogP contribution in [0.3, 0.4) is 0 Å². The minimum absolute atomic E-state index is 0. The Morgan fingerprint density at radius 3 is 1.25 bits per heavy atom. The van der Waals surface area contributed by atoms with Crippen LogP contribution in [0.1, 0.15) is 0 Å². The van der Waals surface area contributed by atoms with Crippen molar-refractivity contribution in [2.24, 2.45) is 0 Å². The molecule has 0 aliphatic heterocycles. The van der Waals surface area contributed by atoms with E-state index in [1.54, 1.807) is 0 Å². The standard InChI is InChI=1S/Au.Ga.In.H2Se.6H/h;;;1H2;;;;;;/q+1;;;;;;;;;/p-1. The summed E-state index contributed by atoms with van der Waals surface area (Å²) >= 11 is 4.47. The fourth-order valence-corrected chi connectivity index (χ4v) is 0. The summed E-state index contributed by atoms with van der Waals surface area (Å²) in [5, 5.41) is 0. The summed E-state index contributed by atoms with van der Waals surface area (Å²) in [7, 11) is 0. The van der Waals surface area contributed by atoms with Gasteiger partial charge in [0.05, 0.1) is 0 Å². The first-order valence-corrected chi connectivity index (χ1v) is 5.74. The van der Waals surface area contributed by atoms with Crippen molar-refractivity contribution < 1.29 is 18.9 Å². The molecule has 0 spiro atoms. The van der Waals surface area contributed by atoms with Gasteiger partial charge in [-0.2, -0.15) is 0 Å². The molecule has 30 valence electrons. The van der Waals surface area contributed by atoms with Gasteiger partial charge in [0.1, 0.15) is 0 Å². The van der Waals surface area contributed by atoms with Crippen LogP contribution in [0.25, 0.3) is 0 Å². The van der Waals surface area contributed by atoms with E-state index in [0.29, 0.717) is 0 Å². The Morgan fingerprint density at radius 1 is 1.25 bits per heavy atom. The molecule has 0 N–H and O–H groups in total. The third kappa shape index (κ3) is 8.84. The van der Waals surface area contributed by atoms with E-state index in [4.69, 9.17) is 0 Å². The molecule has 0 aromatic rings. The van der Waals surface area contributed by atoms with Gasteiger partial charge in [0.15, 0.2) is 0 Å². The minimum atomic E-state index is 0. The molecule has 4 heteroatoms. The number of hydrogen-bond acceptors (Lipinski definition) is 0. The molecule has 0 atom stereocenters. The maximum atomic E-state index is 2.26. The van der Waals surface area contributed by atoms with Crippen molar-refractivity contribution in [1.82, 2.24) is 0 Å². The van der Waals surface area contributed by atoms with Gasteiger partial charge in [-0.15, -0.1) is 0 Å². The average molecular weight is 468 g/mol. The molecule has 0 heterocycles. The zero-order valence-electron chi connectivity index (χ0n) is 0.749. The summed E-state index contributed by atoms with van der Waals surface area (Å²) in [6.07, 6.45) is 0. The van der Waals surface area contributed by atoms with Gasteiger partial charge in [0, 0.05) is 0 Å². The Kier molecular flexibility index (Phi) is 67.9. The normalized spacial score (nSPS) is 1.75. The first kappa shape index (κ1) is 15.9. The molecule has 0 aliphatic rings. The van der Waals surface area contributed by atoms with Gasteiger partial charge in [-0.3, -0.25) is 0 Å². The van der Waals surface area contributed by atoms with E-state index in [2.05, 4.69) is 32.0 Å². The third-order valence-corrected chi connectivity index (χ3v) is 0. The molecular weight excluding hydrogens is 460 g/mol. The summed E-state index contributed by atoms with van der Waals surface area (Å²) in [5.41, 5.74) is 0. The molecule has 0 amide bonds. The van der Waals surface area contributed by atoms with Crippen LogP contribution in [0, 0.1) is 0 Å². The van der Waals surface area contributed by atoms with Crippen molar-refractivity contribution in [2.45, 2.75) is 0 Å². The zero-order chi connectivity index (χ0) is 2.00. The predicted octanol–water partition coefficient (Wildman–Crippen LogP) is -3.02. The molecule has 0 bridgehead atoms. The Balaban J connectivity index is -0.00000000500. The van der Waals surface area contributed by atoms with Crippen LogP contribution in [0.2, 0.25) is 0 Å². The van der Waals surface area contributed by atoms with E-state index in [9.17, 15) is 0 Å². The Hall–Kier alpha value is 2.77. The zero-order valence-corrected chi connectivity index (χ0v) is 4.79. The molecule has 0 aromatic carbocycles. The molecule has 0 radical (unpaired) electrons. The Bertz CT molecular complexity index is 8.00. The number of rotatable bonds is 0. The van der Waals surface area contributed by atoms with Crippen molar-refractivity contribution in [1.29, 1.82) is 0 Å². The van der Waals surface area contributed by atoms with E-state index in [0.717, 1.165) is 0 Å². The van der Waals surface area contributed by atoms with E-state index < -0.39 is 0 Å². The average Bonchev–Trinajstić information content (AvgIpc) is 1.00. The maximum absolute atomic E-state index is 2.26. The van der Waals surface area contributed by atoms with E-state index in [-0.39, 0.29) is 45.6 Å². The van der Waals surface area contributed by atoms with Gasteiger partial charge in [0.25, 0.3) is 0 Å². The molecule has 0 unspecified atom stereocenters. The molecule has 0 saturated carbocycles. The number of hydrogen-bond donors (Lipinski definition) is 0. The van der Waals surface area contributed by atoms with Crippen molar-refractivity contribution in [2.75, 3.05) is 0 Å². The second-order valence-corrected chi connectivity index (χ2v) is 0. The summed E-state index contributed by atoms with van der Waals surface area (Å²) in [6, 6.07) is 0. The van der Waals surface area contributed by atoms with E-state index >= 15 is 0 Å². The van der Waals surface area contributed by atoms with Gasteiger partial charge in [-0.1, -0.05) is 0 Å². The molecule has 0 aromatic heterocycles. The van der Waals surface area contributed by atoms with Crippen LogP contribution >= 0.6 is 0 Å².